The van der Waals surface area contributed by atoms with Crippen LogP contribution < -0.4 is 5.32 Å². The Kier molecular flexibility index (Phi) is 6.26. The SMILES string of the molecule is CCc1nc(C)c(C(C)NCC(O)CC(C)C)s1. The van der Waals surface area contributed by atoms with E-state index in [0.29, 0.717) is 12.5 Å². The van der Waals surface area contributed by atoms with Crippen LogP contribution in [0.3, 0.4) is 0 Å². The van der Waals surface area contributed by atoms with Gasteiger partial charge in [0.05, 0.1) is 16.8 Å². The van der Waals surface area contributed by atoms with Crippen molar-refractivity contribution in [2.24, 2.45) is 5.92 Å². The van der Waals surface area contributed by atoms with E-state index in [4.69, 9.17) is 0 Å². The Morgan fingerprint density at radius 3 is 2.50 bits per heavy atom. The van der Waals surface area contributed by atoms with Gasteiger partial charge in [-0.1, -0.05) is 20.8 Å². The van der Waals surface area contributed by atoms with Crippen LogP contribution in [0.1, 0.15) is 55.7 Å². The lowest BCUT2D eigenvalue weighted by Crippen LogP contribution is -2.29. The van der Waals surface area contributed by atoms with Gasteiger partial charge in [0.25, 0.3) is 0 Å². The van der Waals surface area contributed by atoms with Crippen LogP contribution in [0, 0.1) is 12.8 Å². The van der Waals surface area contributed by atoms with Crippen LogP contribution in [0.4, 0.5) is 0 Å². The predicted octanol–water partition coefficient (Wildman–Crippen LogP) is 3.07. The van der Waals surface area contributed by atoms with E-state index in [1.807, 2.05) is 0 Å². The molecule has 1 aromatic heterocycles. The predicted molar refractivity (Wildman–Crippen MR) is 78.1 cm³/mol. The van der Waals surface area contributed by atoms with E-state index in [-0.39, 0.29) is 12.1 Å². The maximum Gasteiger partial charge on any atom is 0.0928 e. The maximum absolute atomic E-state index is 9.86. The van der Waals surface area contributed by atoms with E-state index < -0.39 is 0 Å². The van der Waals surface area contributed by atoms with Crippen molar-refractivity contribution in [1.29, 1.82) is 0 Å². The molecular weight excluding hydrogens is 244 g/mol. The fourth-order valence-corrected chi connectivity index (χ4v) is 3.09. The van der Waals surface area contributed by atoms with Crippen LogP contribution in [-0.2, 0) is 6.42 Å². The second-order valence-electron chi connectivity index (χ2n) is 5.32. The molecule has 2 atom stereocenters. The number of rotatable bonds is 7. The monoisotopic (exact) mass is 270 g/mol. The van der Waals surface area contributed by atoms with Crippen molar-refractivity contribution in [3.63, 3.8) is 0 Å². The number of nitrogens with zero attached hydrogens (tertiary/aromatic N) is 1. The quantitative estimate of drug-likeness (QED) is 0.800. The van der Waals surface area contributed by atoms with Crippen molar-refractivity contribution in [1.82, 2.24) is 10.3 Å². The zero-order chi connectivity index (χ0) is 13.7. The average Bonchev–Trinajstić information content (AvgIpc) is 2.66. The molecule has 0 aliphatic heterocycles. The molecule has 1 rings (SSSR count). The lowest BCUT2D eigenvalue weighted by Gasteiger charge is -2.17. The fourth-order valence-electron chi connectivity index (χ4n) is 2.05. The largest absolute Gasteiger partial charge is 0.392 e. The Hall–Kier alpha value is -0.450. The Morgan fingerprint density at radius 1 is 1.33 bits per heavy atom. The van der Waals surface area contributed by atoms with Crippen molar-refractivity contribution in [3.8, 4) is 0 Å². The van der Waals surface area contributed by atoms with Crippen molar-refractivity contribution in [3.05, 3.63) is 15.6 Å². The molecule has 1 aromatic rings. The molecule has 0 saturated heterocycles. The Labute approximate surface area is 115 Å². The zero-order valence-corrected chi connectivity index (χ0v) is 13.0. The normalized spacial score (nSPS) is 15.1. The summed E-state index contributed by atoms with van der Waals surface area (Å²) in [6.45, 7) is 11.3. The molecule has 0 saturated carbocycles. The van der Waals surface area contributed by atoms with Gasteiger partial charge < -0.3 is 10.4 Å². The van der Waals surface area contributed by atoms with Crippen molar-refractivity contribution < 1.29 is 5.11 Å². The van der Waals surface area contributed by atoms with E-state index in [2.05, 4.69) is 44.9 Å². The number of hydrogen-bond donors (Lipinski definition) is 2. The highest BCUT2D eigenvalue weighted by Gasteiger charge is 2.15. The minimum Gasteiger partial charge on any atom is -0.392 e. The number of aliphatic hydroxyl groups excluding tert-OH is 1. The number of aromatic nitrogens is 1. The van der Waals surface area contributed by atoms with Gasteiger partial charge in [0.15, 0.2) is 0 Å². The van der Waals surface area contributed by atoms with E-state index >= 15 is 0 Å². The number of nitrogens with one attached hydrogen (secondary N) is 1. The summed E-state index contributed by atoms with van der Waals surface area (Å²) in [5.74, 6) is 0.536. The van der Waals surface area contributed by atoms with Crippen LogP contribution in [0.15, 0.2) is 0 Å². The Morgan fingerprint density at radius 2 is 2.00 bits per heavy atom. The van der Waals surface area contributed by atoms with Gasteiger partial charge in [-0.25, -0.2) is 4.98 Å². The van der Waals surface area contributed by atoms with Gasteiger partial charge in [-0.2, -0.15) is 0 Å². The van der Waals surface area contributed by atoms with Crippen LogP contribution in [-0.4, -0.2) is 22.7 Å². The van der Waals surface area contributed by atoms with E-state index in [0.717, 1.165) is 18.5 Å². The third kappa shape index (κ3) is 4.67. The highest BCUT2D eigenvalue weighted by Crippen LogP contribution is 2.25. The number of aryl methyl sites for hydroxylation is 2. The first-order valence-corrected chi connectivity index (χ1v) is 7.63. The summed E-state index contributed by atoms with van der Waals surface area (Å²) in [6, 6.07) is 0.268. The smallest absolute Gasteiger partial charge is 0.0928 e. The maximum atomic E-state index is 9.86. The van der Waals surface area contributed by atoms with Crippen molar-refractivity contribution in [2.45, 2.75) is 59.6 Å². The molecule has 0 spiro atoms. The molecule has 18 heavy (non-hydrogen) atoms. The minimum atomic E-state index is -0.258. The van der Waals surface area contributed by atoms with Crippen molar-refractivity contribution in [2.75, 3.05) is 6.54 Å². The number of aliphatic hydroxyl groups is 1. The highest BCUT2D eigenvalue weighted by atomic mass is 32.1. The second kappa shape index (κ2) is 7.22. The molecule has 0 fully saturated rings. The second-order valence-corrected chi connectivity index (χ2v) is 6.44. The van der Waals surface area contributed by atoms with E-state index in [1.54, 1.807) is 11.3 Å². The van der Waals surface area contributed by atoms with Crippen LogP contribution >= 0.6 is 11.3 Å². The fraction of sp³-hybridized carbons (Fsp3) is 0.786. The first-order valence-electron chi connectivity index (χ1n) is 6.81. The van der Waals surface area contributed by atoms with Crippen LogP contribution in [0.2, 0.25) is 0 Å². The van der Waals surface area contributed by atoms with Crippen LogP contribution in [0.5, 0.6) is 0 Å². The third-order valence-electron chi connectivity index (χ3n) is 2.98. The molecule has 2 unspecified atom stereocenters. The van der Waals surface area contributed by atoms with Gasteiger partial charge >= 0.3 is 0 Å². The molecular formula is C14H26N2OS. The molecule has 0 amide bonds. The average molecular weight is 270 g/mol. The zero-order valence-electron chi connectivity index (χ0n) is 12.2. The molecule has 2 N–H and O–H groups in total. The van der Waals surface area contributed by atoms with Crippen LogP contribution in [0.25, 0.3) is 0 Å². The molecule has 0 aliphatic rings. The molecule has 104 valence electrons. The molecule has 1 heterocycles. The van der Waals surface area contributed by atoms with Gasteiger partial charge in [-0.3, -0.25) is 0 Å². The number of thiazole rings is 1. The van der Waals surface area contributed by atoms with Gasteiger partial charge in [0.1, 0.15) is 0 Å². The summed E-state index contributed by atoms with van der Waals surface area (Å²) < 4.78 is 0. The molecule has 0 aromatic carbocycles. The van der Waals surface area contributed by atoms with E-state index in [9.17, 15) is 5.11 Å². The highest BCUT2D eigenvalue weighted by molar-refractivity contribution is 7.11. The van der Waals surface area contributed by atoms with Crippen molar-refractivity contribution >= 4 is 11.3 Å². The van der Waals surface area contributed by atoms with Gasteiger partial charge in [0, 0.05) is 17.5 Å². The molecule has 0 radical (unpaired) electrons. The molecule has 0 bridgehead atoms. The lowest BCUT2D eigenvalue weighted by molar-refractivity contribution is 0.143. The summed E-state index contributed by atoms with van der Waals surface area (Å²) in [4.78, 5) is 5.84. The number of hydrogen-bond acceptors (Lipinski definition) is 4. The van der Waals surface area contributed by atoms with Gasteiger partial charge in [0.2, 0.25) is 0 Å². The first-order chi connectivity index (χ1) is 8.43. The topological polar surface area (TPSA) is 45.2 Å². The third-order valence-corrected chi connectivity index (χ3v) is 4.46. The summed E-state index contributed by atoms with van der Waals surface area (Å²) in [7, 11) is 0. The van der Waals surface area contributed by atoms with Gasteiger partial charge in [-0.05, 0) is 32.6 Å². The Bertz CT molecular complexity index is 363. The summed E-state index contributed by atoms with van der Waals surface area (Å²) >= 11 is 1.78. The standard InChI is InChI=1S/C14H26N2OS/c1-6-13-16-11(5)14(18-13)10(4)15-8-12(17)7-9(2)3/h9-10,12,15,17H,6-8H2,1-5H3. The van der Waals surface area contributed by atoms with E-state index in [1.165, 1.54) is 9.88 Å². The minimum absolute atomic E-state index is 0.258. The van der Waals surface area contributed by atoms with Gasteiger partial charge in [-0.15, -0.1) is 11.3 Å². The first kappa shape index (κ1) is 15.6. The summed E-state index contributed by atoms with van der Waals surface area (Å²) in [5, 5.41) is 14.5. The Balaban J connectivity index is 2.49. The molecule has 4 heteroatoms. The molecule has 0 aliphatic carbocycles. The summed E-state index contributed by atoms with van der Waals surface area (Å²) in [6.07, 6.45) is 1.59. The molecule has 3 nitrogen and oxygen atoms in total. The lowest BCUT2D eigenvalue weighted by atomic mass is 10.1. The summed E-state index contributed by atoms with van der Waals surface area (Å²) in [5.41, 5.74) is 1.12.